The third-order valence-electron chi connectivity index (χ3n) is 1.66. The lowest BCUT2D eigenvalue weighted by Gasteiger charge is -2.02. The van der Waals surface area contributed by atoms with Crippen LogP contribution in [-0.4, -0.2) is 12.8 Å². The Kier molecular flexibility index (Phi) is 3.52. The smallest absolute Gasteiger partial charge is 0.0636 e. The van der Waals surface area contributed by atoms with Crippen LogP contribution >= 0.6 is 0 Å². The predicted octanol–water partition coefficient (Wildman–Crippen LogP) is 2.91. The van der Waals surface area contributed by atoms with Gasteiger partial charge < -0.3 is 0 Å². The Balaban J connectivity index is 2.36. The van der Waals surface area contributed by atoms with Crippen molar-refractivity contribution in [2.24, 2.45) is 4.99 Å². The van der Waals surface area contributed by atoms with Gasteiger partial charge in [0.2, 0.25) is 0 Å². The summed E-state index contributed by atoms with van der Waals surface area (Å²) in [6.07, 6.45) is 10.8. The normalized spacial score (nSPS) is 16.6. The standard InChI is InChI=1S/C11H15N/c1-10(2)8-12-9-11-6-4-3-5-7-11/h4,6-8H,1,3,5,9H2,2H3. The molecule has 0 fully saturated rings. The topological polar surface area (TPSA) is 12.4 Å². The number of allylic oxidation sites excluding steroid dienone is 3. The molecule has 1 rings (SSSR count). The zero-order valence-corrected chi connectivity index (χ0v) is 7.59. The maximum absolute atomic E-state index is 4.25. The van der Waals surface area contributed by atoms with Gasteiger partial charge in [-0.05, 0) is 30.9 Å². The van der Waals surface area contributed by atoms with Gasteiger partial charge in [-0.2, -0.15) is 0 Å². The summed E-state index contributed by atoms with van der Waals surface area (Å²) in [5.74, 6) is 0. The largest absolute Gasteiger partial charge is 0.288 e. The minimum Gasteiger partial charge on any atom is -0.288 e. The molecular weight excluding hydrogens is 146 g/mol. The molecule has 1 heteroatoms. The zero-order chi connectivity index (χ0) is 8.81. The number of hydrogen-bond acceptors (Lipinski definition) is 1. The van der Waals surface area contributed by atoms with Crippen LogP contribution in [0.5, 0.6) is 0 Å². The van der Waals surface area contributed by atoms with Gasteiger partial charge in [0.05, 0.1) is 6.54 Å². The lowest BCUT2D eigenvalue weighted by Crippen LogP contribution is -1.89. The van der Waals surface area contributed by atoms with Gasteiger partial charge in [0, 0.05) is 6.21 Å². The second-order valence-electron chi connectivity index (χ2n) is 3.07. The Morgan fingerprint density at radius 3 is 3.08 bits per heavy atom. The van der Waals surface area contributed by atoms with Crippen LogP contribution in [0.1, 0.15) is 19.8 Å². The molecule has 64 valence electrons. The summed E-state index contributed by atoms with van der Waals surface area (Å²) in [6, 6.07) is 0. The summed E-state index contributed by atoms with van der Waals surface area (Å²) >= 11 is 0. The van der Waals surface area contributed by atoms with Gasteiger partial charge in [-0.25, -0.2) is 0 Å². The van der Waals surface area contributed by atoms with Crippen LogP contribution in [0.25, 0.3) is 0 Å². The molecule has 0 spiro atoms. The summed E-state index contributed by atoms with van der Waals surface area (Å²) < 4.78 is 0. The molecule has 0 amide bonds. The maximum Gasteiger partial charge on any atom is 0.0636 e. The van der Waals surface area contributed by atoms with E-state index < -0.39 is 0 Å². The van der Waals surface area contributed by atoms with Crippen molar-refractivity contribution < 1.29 is 0 Å². The minimum absolute atomic E-state index is 0.795. The highest BCUT2D eigenvalue weighted by molar-refractivity contribution is 5.76. The second-order valence-corrected chi connectivity index (χ2v) is 3.07. The first-order chi connectivity index (χ1) is 5.79. The minimum atomic E-state index is 0.795. The number of nitrogens with zero attached hydrogens (tertiary/aromatic N) is 1. The lowest BCUT2D eigenvalue weighted by molar-refractivity contribution is 0.996. The van der Waals surface area contributed by atoms with Gasteiger partial charge in [0.25, 0.3) is 0 Å². The van der Waals surface area contributed by atoms with Crippen LogP contribution < -0.4 is 0 Å². The van der Waals surface area contributed by atoms with Gasteiger partial charge in [-0.15, -0.1) is 0 Å². The van der Waals surface area contributed by atoms with Crippen molar-refractivity contribution in [3.05, 3.63) is 36.0 Å². The highest BCUT2D eigenvalue weighted by Crippen LogP contribution is 2.09. The summed E-state index contributed by atoms with van der Waals surface area (Å²) in [4.78, 5) is 4.25. The van der Waals surface area contributed by atoms with Crippen molar-refractivity contribution >= 4 is 6.21 Å². The average Bonchev–Trinajstić information content (AvgIpc) is 2.05. The van der Waals surface area contributed by atoms with Gasteiger partial charge >= 0.3 is 0 Å². The van der Waals surface area contributed by atoms with Crippen molar-refractivity contribution in [3.8, 4) is 0 Å². The molecular formula is C11H15N. The molecule has 1 aliphatic rings. The van der Waals surface area contributed by atoms with E-state index in [4.69, 9.17) is 0 Å². The first-order valence-electron chi connectivity index (χ1n) is 4.30. The molecule has 0 bridgehead atoms. The summed E-state index contributed by atoms with van der Waals surface area (Å²) in [5, 5.41) is 0. The molecule has 0 unspecified atom stereocenters. The average molecular weight is 161 g/mol. The Labute approximate surface area is 74.2 Å². The molecule has 0 saturated heterocycles. The van der Waals surface area contributed by atoms with Crippen LogP contribution in [0, 0.1) is 0 Å². The molecule has 0 aliphatic heterocycles. The van der Waals surface area contributed by atoms with Gasteiger partial charge in [0.15, 0.2) is 0 Å². The summed E-state index contributed by atoms with van der Waals surface area (Å²) in [5.41, 5.74) is 2.33. The SMILES string of the molecule is C=C(C)C=NCC1=CCCC=C1. The Bertz CT molecular complexity index is 244. The number of hydrogen-bond donors (Lipinski definition) is 0. The van der Waals surface area contributed by atoms with E-state index in [9.17, 15) is 0 Å². The molecule has 0 aromatic carbocycles. The van der Waals surface area contributed by atoms with Gasteiger partial charge in [-0.3, -0.25) is 4.99 Å². The van der Waals surface area contributed by atoms with Crippen LogP contribution in [0.15, 0.2) is 40.9 Å². The van der Waals surface area contributed by atoms with Gasteiger partial charge in [-0.1, -0.05) is 24.8 Å². The molecule has 0 aromatic heterocycles. The van der Waals surface area contributed by atoms with Crippen molar-refractivity contribution in [2.75, 3.05) is 6.54 Å². The Morgan fingerprint density at radius 1 is 1.67 bits per heavy atom. The lowest BCUT2D eigenvalue weighted by atomic mass is 10.1. The van der Waals surface area contributed by atoms with E-state index in [0.29, 0.717) is 0 Å². The molecule has 0 heterocycles. The van der Waals surface area contributed by atoms with E-state index in [-0.39, 0.29) is 0 Å². The van der Waals surface area contributed by atoms with E-state index >= 15 is 0 Å². The van der Waals surface area contributed by atoms with E-state index in [1.165, 1.54) is 12.0 Å². The third-order valence-corrected chi connectivity index (χ3v) is 1.66. The maximum atomic E-state index is 4.25. The molecule has 1 aliphatic carbocycles. The van der Waals surface area contributed by atoms with Crippen LogP contribution in [0.2, 0.25) is 0 Å². The number of aliphatic imine (C=N–C) groups is 1. The van der Waals surface area contributed by atoms with Crippen LogP contribution in [0.4, 0.5) is 0 Å². The van der Waals surface area contributed by atoms with Crippen molar-refractivity contribution in [3.63, 3.8) is 0 Å². The fourth-order valence-corrected chi connectivity index (χ4v) is 1.09. The summed E-state index contributed by atoms with van der Waals surface area (Å²) in [7, 11) is 0. The Morgan fingerprint density at radius 2 is 2.50 bits per heavy atom. The molecule has 0 aromatic rings. The van der Waals surface area contributed by atoms with Crippen molar-refractivity contribution in [2.45, 2.75) is 19.8 Å². The molecule has 1 nitrogen and oxygen atoms in total. The second kappa shape index (κ2) is 4.70. The van der Waals surface area contributed by atoms with E-state index in [1.54, 1.807) is 0 Å². The van der Waals surface area contributed by atoms with E-state index in [2.05, 4.69) is 29.8 Å². The third kappa shape index (κ3) is 3.33. The summed E-state index contributed by atoms with van der Waals surface area (Å²) in [6.45, 7) is 6.50. The number of rotatable bonds is 3. The monoisotopic (exact) mass is 161 g/mol. The molecule has 0 saturated carbocycles. The van der Waals surface area contributed by atoms with Crippen molar-refractivity contribution in [1.29, 1.82) is 0 Å². The van der Waals surface area contributed by atoms with E-state index in [0.717, 1.165) is 18.5 Å². The fourth-order valence-electron chi connectivity index (χ4n) is 1.09. The highest BCUT2D eigenvalue weighted by atomic mass is 14.7. The quantitative estimate of drug-likeness (QED) is 0.564. The molecule has 12 heavy (non-hydrogen) atoms. The first kappa shape index (κ1) is 8.98. The molecule has 0 atom stereocenters. The van der Waals surface area contributed by atoms with Crippen LogP contribution in [-0.2, 0) is 0 Å². The predicted molar refractivity (Wildman–Crippen MR) is 54.6 cm³/mol. The molecule has 0 N–H and O–H groups in total. The zero-order valence-electron chi connectivity index (χ0n) is 7.59. The first-order valence-corrected chi connectivity index (χ1v) is 4.30. The van der Waals surface area contributed by atoms with E-state index in [1.807, 2.05) is 13.1 Å². The van der Waals surface area contributed by atoms with Crippen LogP contribution in [0.3, 0.4) is 0 Å². The highest BCUT2D eigenvalue weighted by Gasteiger charge is 1.93. The fraction of sp³-hybridized carbons (Fsp3) is 0.364. The van der Waals surface area contributed by atoms with Crippen molar-refractivity contribution in [1.82, 2.24) is 0 Å². The van der Waals surface area contributed by atoms with Gasteiger partial charge in [0.1, 0.15) is 0 Å². The molecule has 0 radical (unpaired) electrons. The Hall–Kier alpha value is -1.11.